The van der Waals surface area contributed by atoms with Gasteiger partial charge in [0.15, 0.2) is 0 Å². The smallest absolute Gasteiger partial charge is 0.269 e. The molecule has 0 spiro atoms. The molecule has 24 heavy (non-hydrogen) atoms. The van der Waals surface area contributed by atoms with E-state index in [9.17, 15) is 14.9 Å². The quantitative estimate of drug-likeness (QED) is 0.678. The van der Waals surface area contributed by atoms with Gasteiger partial charge in [-0.15, -0.1) is 0 Å². The summed E-state index contributed by atoms with van der Waals surface area (Å²) in [6.07, 6.45) is 4.92. The molecule has 0 bridgehead atoms. The summed E-state index contributed by atoms with van der Waals surface area (Å²) in [6.45, 7) is 1.89. The molecule has 1 aliphatic heterocycles. The third-order valence-electron chi connectivity index (χ3n) is 4.73. The van der Waals surface area contributed by atoms with E-state index in [1.165, 1.54) is 18.6 Å². The van der Waals surface area contributed by atoms with Crippen LogP contribution in [0.2, 0.25) is 0 Å². The lowest BCUT2D eigenvalue weighted by atomic mass is 9.92. The van der Waals surface area contributed by atoms with Gasteiger partial charge in [0.1, 0.15) is 0 Å². The number of oxime groups is 1. The minimum absolute atomic E-state index is 0.0255. The van der Waals surface area contributed by atoms with Crippen LogP contribution in [0.25, 0.3) is 0 Å². The first kappa shape index (κ1) is 16.4. The van der Waals surface area contributed by atoms with Crippen molar-refractivity contribution in [3.05, 3.63) is 39.9 Å². The van der Waals surface area contributed by atoms with Gasteiger partial charge < -0.3 is 10.2 Å². The Bertz CT molecular complexity index is 650. The molecule has 0 saturated heterocycles. The van der Waals surface area contributed by atoms with Crippen molar-refractivity contribution >= 4 is 17.3 Å². The van der Waals surface area contributed by atoms with E-state index in [2.05, 4.69) is 10.5 Å². The van der Waals surface area contributed by atoms with Crippen LogP contribution in [0.15, 0.2) is 29.4 Å². The van der Waals surface area contributed by atoms with Crippen molar-refractivity contribution in [2.24, 2.45) is 11.1 Å². The second-order valence-corrected chi connectivity index (χ2v) is 6.44. The Kier molecular flexibility index (Phi) is 4.78. The van der Waals surface area contributed by atoms with Gasteiger partial charge in [-0.3, -0.25) is 14.9 Å². The Balaban J connectivity index is 1.64. The number of nitrogens with zero attached hydrogens (tertiary/aromatic N) is 2. The summed E-state index contributed by atoms with van der Waals surface area (Å²) >= 11 is 0. The van der Waals surface area contributed by atoms with Crippen molar-refractivity contribution in [1.29, 1.82) is 0 Å². The Morgan fingerprint density at radius 1 is 1.25 bits per heavy atom. The van der Waals surface area contributed by atoms with Crippen LogP contribution >= 0.6 is 0 Å². The van der Waals surface area contributed by atoms with Crippen LogP contribution in [-0.2, 0) is 9.63 Å². The van der Waals surface area contributed by atoms with E-state index in [1.54, 1.807) is 12.1 Å². The molecule has 1 heterocycles. The minimum atomic E-state index is -0.642. The van der Waals surface area contributed by atoms with Crippen LogP contribution in [0.3, 0.4) is 0 Å². The second-order valence-electron chi connectivity index (χ2n) is 6.44. The molecule has 1 amide bonds. The van der Waals surface area contributed by atoms with E-state index in [1.807, 2.05) is 6.92 Å². The number of nitro benzene ring substituents is 1. The molecule has 1 aromatic carbocycles. The van der Waals surface area contributed by atoms with Crippen molar-refractivity contribution in [2.75, 3.05) is 0 Å². The Hall–Kier alpha value is -2.44. The Morgan fingerprint density at radius 2 is 1.92 bits per heavy atom. The normalized spacial score (nSPS) is 24.1. The van der Waals surface area contributed by atoms with Gasteiger partial charge in [-0.2, -0.15) is 0 Å². The highest BCUT2D eigenvalue weighted by molar-refractivity contribution is 6.05. The summed E-state index contributed by atoms with van der Waals surface area (Å²) in [5.74, 6) is -0.329. The second kappa shape index (κ2) is 6.98. The molecule has 2 atom stereocenters. The van der Waals surface area contributed by atoms with E-state index in [0.717, 1.165) is 31.2 Å². The zero-order valence-corrected chi connectivity index (χ0v) is 13.6. The lowest BCUT2D eigenvalue weighted by Crippen LogP contribution is -2.44. The van der Waals surface area contributed by atoms with Crippen molar-refractivity contribution in [2.45, 2.75) is 51.2 Å². The number of hydrogen-bond donors (Lipinski definition) is 1. The minimum Gasteiger partial charge on any atom is -0.381 e. The predicted octanol–water partition coefficient (Wildman–Crippen LogP) is 2.78. The van der Waals surface area contributed by atoms with Gasteiger partial charge in [0, 0.05) is 23.7 Å². The van der Waals surface area contributed by atoms with Gasteiger partial charge in [0.05, 0.1) is 16.6 Å². The maximum atomic E-state index is 12.4. The van der Waals surface area contributed by atoms with E-state index in [4.69, 9.17) is 4.84 Å². The summed E-state index contributed by atoms with van der Waals surface area (Å²) in [5.41, 5.74) is 1.41. The first-order valence-electron chi connectivity index (χ1n) is 8.35. The topological polar surface area (TPSA) is 93.8 Å². The van der Waals surface area contributed by atoms with Crippen LogP contribution in [-0.4, -0.2) is 28.7 Å². The maximum absolute atomic E-state index is 12.4. The molecule has 1 saturated carbocycles. The number of nitrogens with one attached hydrogen (secondary N) is 1. The first-order chi connectivity index (χ1) is 11.6. The van der Waals surface area contributed by atoms with Crippen molar-refractivity contribution < 1.29 is 14.6 Å². The van der Waals surface area contributed by atoms with Crippen LogP contribution in [0, 0.1) is 16.0 Å². The third-order valence-corrected chi connectivity index (χ3v) is 4.73. The van der Waals surface area contributed by atoms with Crippen molar-refractivity contribution in [3.8, 4) is 0 Å². The molecule has 0 aromatic heterocycles. The van der Waals surface area contributed by atoms with E-state index in [-0.39, 0.29) is 23.6 Å². The van der Waals surface area contributed by atoms with Gasteiger partial charge in [-0.1, -0.05) is 31.3 Å². The lowest BCUT2D eigenvalue weighted by molar-refractivity contribution is -0.384. The predicted molar refractivity (Wildman–Crippen MR) is 88.7 cm³/mol. The molecule has 2 unspecified atom stereocenters. The summed E-state index contributed by atoms with van der Waals surface area (Å²) in [5, 5.41) is 17.8. The molecule has 3 rings (SSSR count). The number of non-ortho nitro benzene ring substituents is 1. The molecule has 7 nitrogen and oxygen atoms in total. The first-order valence-corrected chi connectivity index (χ1v) is 8.35. The van der Waals surface area contributed by atoms with Gasteiger partial charge in [-0.25, -0.2) is 0 Å². The zero-order chi connectivity index (χ0) is 17.1. The molecule has 7 heteroatoms. The number of carbonyl (C=O) groups is 1. The fourth-order valence-corrected chi connectivity index (χ4v) is 3.31. The van der Waals surface area contributed by atoms with Gasteiger partial charge in [-0.05, 0) is 25.0 Å². The van der Waals surface area contributed by atoms with E-state index in [0.29, 0.717) is 5.71 Å². The van der Waals surface area contributed by atoms with Crippen LogP contribution < -0.4 is 5.32 Å². The number of carbonyl (C=O) groups excluding carboxylic acids is 1. The molecule has 1 N–H and O–H groups in total. The average Bonchev–Trinajstić information content (AvgIpc) is 2.97. The van der Waals surface area contributed by atoms with E-state index < -0.39 is 11.0 Å². The molecule has 0 radical (unpaired) electrons. The fourth-order valence-electron chi connectivity index (χ4n) is 3.31. The molecule has 1 aliphatic carbocycles. The molecule has 1 fully saturated rings. The molecule has 128 valence electrons. The maximum Gasteiger partial charge on any atom is 0.269 e. The van der Waals surface area contributed by atoms with Gasteiger partial charge >= 0.3 is 0 Å². The Morgan fingerprint density at radius 3 is 2.54 bits per heavy atom. The summed E-state index contributed by atoms with van der Waals surface area (Å²) in [6, 6.07) is 6.36. The summed E-state index contributed by atoms with van der Waals surface area (Å²) < 4.78 is 0. The summed E-state index contributed by atoms with van der Waals surface area (Å²) in [7, 11) is 0. The third kappa shape index (κ3) is 3.39. The number of nitro groups is 1. The van der Waals surface area contributed by atoms with E-state index >= 15 is 0 Å². The molecule has 1 aromatic rings. The zero-order valence-electron chi connectivity index (χ0n) is 13.6. The average molecular weight is 331 g/mol. The van der Waals surface area contributed by atoms with Crippen LogP contribution in [0.4, 0.5) is 5.69 Å². The highest BCUT2D eigenvalue weighted by Crippen LogP contribution is 2.25. The number of hydrogen-bond acceptors (Lipinski definition) is 5. The van der Waals surface area contributed by atoms with Gasteiger partial charge in [0.25, 0.3) is 11.6 Å². The fraction of sp³-hybridized carbons (Fsp3) is 0.529. The van der Waals surface area contributed by atoms with Crippen molar-refractivity contribution in [1.82, 2.24) is 5.32 Å². The molecule has 2 aliphatic rings. The molecular formula is C17H21N3O4. The lowest BCUT2D eigenvalue weighted by Gasteiger charge is -2.24. The highest BCUT2D eigenvalue weighted by Gasteiger charge is 2.37. The number of rotatable bonds is 4. The standard InChI is InChI=1S/C17H21N3O4/c1-11-15(12-7-9-14(10-8-12)20(22)23)19-24-16(11)17(21)18-13-5-3-2-4-6-13/h7-11,13,16H,2-6H2,1H3,(H,18,21). The Labute approximate surface area is 140 Å². The number of benzene rings is 1. The van der Waals surface area contributed by atoms with Gasteiger partial charge in [0.2, 0.25) is 6.10 Å². The van der Waals surface area contributed by atoms with Crippen LogP contribution in [0.5, 0.6) is 0 Å². The molecular weight excluding hydrogens is 310 g/mol. The summed E-state index contributed by atoms with van der Waals surface area (Å²) in [4.78, 5) is 28.1. The number of amides is 1. The largest absolute Gasteiger partial charge is 0.381 e. The SMILES string of the molecule is CC1C(c2ccc([N+](=O)[O-])cc2)=NOC1C(=O)NC1CCCCC1. The van der Waals surface area contributed by atoms with Crippen LogP contribution in [0.1, 0.15) is 44.6 Å². The van der Waals surface area contributed by atoms with Crippen molar-refractivity contribution in [3.63, 3.8) is 0 Å². The highest BCUT2D eigenvalue weighted by atomic mass is 16.6. The monoisotopic (exact) mass is 331 g/mol.